The van der Waals surface area contributed by atoms with Crippen LogP contribution in [0.4, 0.5) is 0 Å². The van der Waals surface area contributed by atoms with Gasteiger partial charge in [-0.3, -0.25) is 0 Å². The second kappa shape index (κ2) is 8.09. The van der Waals surface area contributed by atoms with E-state index in [2.05, 4.69) is 23.5 Å². The first-order valence-electron chi connectivity index (χ1n) is 6.96. The van der Waals surface area contributed by atoms with Gasteiger partial charge in [-0.1, -0.05) is 13.8 Å². The Bertz CT molecular complexity index is 508. The number of hydrogen-bond donors (Lipinski definition) is 2. The lowest BCUT2D eigenvalue weighted by Crippen LogP contribution is -2.29. The Balaban J connectivity index is 2.53. The maximum atomic E-state index is 12.1. The van der Waals surface area contributed by atoms with Gasteiger partial charge < -0.3 is 10.6 Å². The highest BCUT2D eigenvalue weighted by Crippen LogP contribution is 2.25. The highest BCUT2D eigenvalue weighted by atomic mass is 32.2. The molecule has 0 radical (unpaired) electrons. The van der Waals surface area contributed by atoms with Gasteiger partial charge in [-0.2, -0.15) is 0 Å². The minimum Gasteiger partial charge on any atom is -0.326 e. The Morgan fingerprint density at radius 2 is 2.00 bits per heavy atom. The van der Waals surface area contributed by atoms with E-state index in [1.54, 1.807) is 6.07 Å². The summed E-state index contributed by atoms with van der Waals surface area (Å²) >= 11 is 1.25. The lowest BCUT2D eigenvalue weighted by Gasteiger charge is -2.17. The lowest BCUT2D eigenvalue weighted by atomic mass is 10.3. The van der Waals surface area contributed by atoms with Crippen LogP contribution < -0.4 is 10.5 Å². The molecule has 1 aromatic rings. The molecule has 1 rings (SSSR count). The van der Waals surface area contributed by atoms with E-state index < -0.39 is 10.0 Å². The normalized spacial score (nSPS) is 12.2. The molecule has 0 aliphatic heterocycles. The van der Waals surface area contributed by atoms with Gasteiger partial charge in [0.25, 0.3) is 0 Å². The van der Waals surface area contributed by atoms with E-state index in [4.69, 9.17) is 5.73 Å². The van der Waals surface area contributed by atoms with Crippen LogP contribution in [0.3, 0.4) is 0 Å². The zero-order chi connectivity index (χ0) is 15.2. The Morgan fingerprint density at radius 3 is 2.50 bits per heavy atom. The molecule has 1 heterocycles. The summed E-state index contributed by atoms with van der Waals surface area (Å²) in [7, 11) is -3.39. The molecule has 0 unspecified atom stereocenters. The van der Waals surface area contributed by atoms with Gasteiger partial charge in [-0.05, 0) is 44.6 Å². The largest absolute Gasteiger partial charge is 0.326 e. The zero-order valence-corrected chi connectivity index (χ0v) is 14.1. The number of nitrogens with one attached hydrogen (secondary N) is 1. The first kappa shape index (κ1) is 17.6. The molecule has 116 valence electrons. The smallest absolute Gasteiger partial charge is 0.250 e. The van der Waals surface area contributed by atoms with Crippen LogP contribution in [0.1, 0.15) is 30.7 Å². The predicted molar refractivity (Wildman–Crippen MR) is 84.5 cm³/mol. The quantitative estimate of drug-likeness (QED) is 0.677. The fourth-order valence-electron chi connectivity index (χ4n) is 1.94. The molecule has 5 nitrogen and oxygen atoms in total. The van der Waals surface area contributed by atoms with Crippen molar-refractivity contribution in [3.05, 3.63) is 16.5 Å². The third kappa shape index (κ3) is 4.82. The van der Waals surface area contributed by atoms with Crippen molar-refractivity contribution in [3.63, 3.8) is 0 Å². The van der Waals surface area contributed by atoms with Crippen LogP contribution in [0.2, 0.25) is 0 Å². The third-order valence-corrected chi connectivity index (χ3v) is 6.48. The van der Waals surface area contributed by atoms with Gasteiger partial charge in [0.2, 0.25) is 10.0 Å². The summed E-state index contributed by atoms with van der Waals surface area (Å²) in [5.74, 6) is 0. The van der Waals surface area contributed by atoms with Crippen LogP contribution >= 0.6 is 11.3 Å². The Kier molecular flexibility index (Phi) is 7.11. The second-order valence-corrected chi connectivity index (χ2v) is 7.78. The average Bonchev–Trinajstić information content (AvgIpc) is 2.81. The fraction of sp³-hybridized carbons (Fsp3) is 0.692. The maximum Gasteiger partial charge on any atom is 0.250 e. The first-order chi connectivity index (χ1) is 9.44. The summed E-state index contributed by atoms with van der Waals surface area (Å²) in [5, 5.41) is 0. The fourth-order valence-corrected chi connectivity index (χ4v) is 4.53. The molecule has 20 heavy (non-hydrogen) atoms. The molecule has 0 saturated heterocycles. The molecule has 3 N–H and O–H groups in total. The summed E-state index contributed by atoms with van der Waals surface area (Å²) in [5.41, 5.74) is 6.53. The van der Waals surface area contributed by atoms with Crippen molar-refractivity contribution in [2.24, 2.45) is 5.73 Å². The summed E-state index contributed by atoms with van der Waals surface area (Å²) in [6.45, 7) is 9.85. The van der Waals surface area contributed by atoms with Crippen LogP contribution in [0.25, 0.3) is 0 Å². The van der Waals surface area contributed by atoms with Gasteiger partial charge in [-0.25, -0.2) is 13.1 Å². The number of hydrogen-bond acceptors (Lipinski definition) is 5. The molecule has 0 aliphatic rings. The van der Waals surface area contributed by atoms with Crippen molar-refractivity contribution >= 4 is 21.4 Å². The SMILES string of the molecule is CCN(CC)CCCNS(=O)(=O)c1cc(C)c(CN)s1. The molecule has 0 atom stereocenters. The molecule has 0 saturated carbocycles. The topological polar surface area (TPSA) is 75.4 Å². The van der Waals surface area contributed by atoms with Gasteiger partial charge in [0.05, 0.1) is 0 Å². The number of nitrogens with two attached hydrogens (primary N) is 1. The first-order valence-corrected chi connectivity index (χ1v) is 9.26. The standard InChI is InChI=1S/C13H25N3O2S2/c1-4-16(5-2)8-6-7-15-20(17,18)13-9-11(3)12(10-14)19-13/h9,15H,4-8,10,14H2,1-3H3. The van der Waals surface area contributed by atoms with E-state index in [-0.39, 0.29) is 0 Å². The number of nitrogens with zero attached hydrogens (tertiary/aromatic N) is 1. The minimum absolute atomic E-state index is 0.360. The average molecular weight is 319 g/mol. The highest BCUT2D eigenvalue weighted by molar-refractivity contribution is 7.91. The second-order valence-electron chi connectivity index (χ2n) is 4.65. The Hall–Kier alpha value is -0.470. The van der Waals surface area contributed by atoms with E-state index >= 15 is 0 Å². The summed E-state index contributed by atoms with van der Waals surface area (Å²) in [6, 6.07) is 1.69. The highest BCUT2D eigenvalue weighted by Gasteiger charge is 2.17. The summed E-state index contributed by atoms with van der Waals surface area (Å²) < 4.78 is 27.3. The van der Waals surface area contributed by atoms with Crippen LogP contribution in [-0.4, -0.2) is 39.5 Å². The van der Waals surface area contributed by atoms with Gasteiger partial charge in [0.15, 0.2) is 0 Å². The third-order valence-electron chi connectivity index (χ3n) is 3.29. The Morgan fingerprint density at radius 1 is 1.35 bits per heavy atom. The van der Waals surface area contributed by atoms with E-state index in [9.17, 15) is 8.42 Å². The van der Waals surface area contributed by atoms with Gasteiger partial charge in [0, 0.05) is 18.0 Å². The molecule has 7 heteroatoms. The molecule has 0 aliphatic carbocycles. The molecule has 0 bridgehead atoms. The van der Waals surface area contributed by atoms with Crippen molar-refractivity contribution in [3.8, 4) is 0 Å². The maximum absolute atomic E-state index is 12.1. The van der Waals surface area contributed by atoms with Crippen molar-refractivity contribution in [1.82, 2.24) is 9.62 Å². The van der Waals surface area contributed by atoms with Crippen LogP contribution in [-0.2, 0) is 16.6 Å². The molecular weight excluding hydrogens is 294 g/mol. The molecule has 0 spiro atoms. The van der Waals surface area contributed by atoms with Gasteiger partial charge in [0.1, 0.15) is 4.21 Å². The van der Waals surface area contributed by atoms with E-state index in [1.807, 2.05) is 6.92 Å². The van der Waals surface area contributed by atoms with Crippen LogP contribution in [0, 0.1) is 6.92 Å². The van der Waals surface area contributed by atoms with E-state index in [0.717, 1.165) is 36.5 Å². The summed E-state index contributed by atoms with van der Waals surface area (Å²) in [4.78, 5) is 3.20. The van der Waals surface area contributed by atoms with Gasteiger partial charge >= 0.3 is 0 Å². The van der Waals surface area contributed by atoms with Crippen LogP contribution in [0.5, 0.6) is 0 Å². The number of aryl methyl sites for hydroxylation is 1. The van der Waals surface area contributed by atoms with Crippen molar-refractivity contribution in [1.29, 1.82) is 0 Å². The number of rotatable bonds is 9. The van der Waals surface area contributed by atoms with E-state index in [1.165, 1.54) is 11.3 Å². The van der Waals surface area contributed by atoms with Crippen molar-refractivity contribution in [2.75, 3.05) is 26.2 Å². The molecular formula is C13H25N3O2S2. The van der Waals surface area contributed by atoms with Crippen LogP contribution in [0.15, 0.2) is 10.3 Å². The molecule has 0 fully saturated rings. The summed E-state index contributed by atoms with van der Waals surface area (Å²) in [6.07, 6.45) is 0.814. The van der Waals surface area contributed by atoms with E-state index in [0.29, 0.717) is 17.3 Å². The van der Waals surface area contributed by atoms with Crippen molar-refractivity contribution < 1.29 is 8.42 Å². The monoisotopic (exact) mass is 319 g/mol. The number of sulfonamides is 1. The Labute approximate surface area is 126 Å². The minimum atomic E-state index is -3.39. The predicted octanol–water partition coefficient (Wildman–Crippen LogP) is 1.53. The molecule has 1 aromatic heterocycles. The number of thiophene rings is 1. The molecule has 0 aromatic carbocycles. The van der Waals surface area contributed by atoms with Gasteiger partial charge in [-0.15, -0.1) is 11.3 Å². The molecule has 0 amide bonds. The zero-order valence-electron chi connectivity index (χ0n) is 12.5. The van der Waals surface area contributed by atoms with Crippen molar-refractivity contribution in [2.45, 2.75) is 37.9 Å². The lowest BCUT2D eigenvalue weighted by molar-refractivity contribution is 0.300.